The van der Waals surface area contributed by atoms with E-state index in [4.69, 9.17) is 4.74 Å². The molecule has 29 heavy (non-hydrogen) atoms. The van der Waals surface area contributed by atoms with E-state index in [1.165, 1.54) is 30.0 Å². The van der Waals surface area contributed by atoms with E-state index < -0.39 is 21.6 Å². The third kappa shape index (κ3) is 4.83. The molecule has 0 aromatic rings. The first kappa shape index (κ1) is 22.2. The molecular formula is C20H33N3O5S. The van der Waals surface area contributed by atoms with Gasteiger partial charge in [0.2, 0.25) is 10.0 Å². The van der Waals surface area contributed by atoms with Crippen molar-refractivity contribution < 1.29 is 22.7 Å². The van der Waals surface area contributed by atoms with E-state index in [-0.39, 0.29) is 24.7 Å². The van der Waals surface area contributed by atoms with Crippen molar-refractivity contribution in [3.63, 3.8) is 0 Å². The van der Waals surface area contributed by atoms with Crippen LogP contribution in [0.5, 0.6) is 0 Å². The van der Waals surface area contributed by atoms with Gasteiger partial charge in [0.1, 0.15) is 5.60 Å². The summed E-state index contributed by atoms with van der Waals surface area (Å²) >= 11 is 0. The van der Waals surface area contributed by atoms with Crippen LogP contribution in [-0.2, 0) is 24.3 Å². The van der Waals surface area contributed by atoms with Crippen molar-refractivity contribution in [2.24, 2.45) is 0 Å². The number of nitrogens with zero attached hydrogens (tertiary/aromatic N) is 2. The number of hydrogen-bond acceptors (Lipinski definition) is 6. The predicted octanol–water partition coefficient (Wildman–Crippen LogP) is 1.04. The third-order valence-electron chi connectivity index (χ3n) is 6.35. The Bertz CT molecular complexity index is 761. The molecule has 0 aromatic carbocycles. The van der Waals surface area contributed by atoms with Gasteiger partial charge in [-0.2, -0.15) is 0 Å². The normalized spacial score (nSPS) is 23.9. The van der Waals surface area contributed by atoms with Gasteiger partial charge in [0, 0.05) is 44.6 Å². The molecule has 8 nitrogen and oxygen atoms in total. The summed E-state index contributed by atoms with van der Waals surface area (Å²) in [5.74, 6) is -0.706. The number of esters is 1. The van der Waals surface area contributed by atoms with Crippen LogP contribution in [0.1, 0.15) is 52.4 Å². The van der Waals surface area contributed by atoms with Gasteiger partial charge in [-0.1, -0.05) is 12.8 Å². The average Bonchev–Trinajstić information content (AvgIpc) is 2.87. The van der Waals surface area contributed by atoms with E-state index in [9.17, 15) is 18.0 Å². The maximum Gasteiger partial charge on any atom is 0.335 e. The first-order valence-electron chi connectivity index (χ1n) is 10.7. The number of hydrogen-bond donors (Lipinski definition) is 1. The summed E-state index contributed by atoms with van der Waals surface area (Å²) in [4.78, 5) is 27.6. The van der Waals surface area contributed by atoms with Gasteiger partial charge in [-0.25, -0.2) is 17.5 Å². The lowest BCUT2D eigenvalue weighted by molar-refractivity contribution is -0.150. The molecule has 0 radical (unpaired) electrons. The smallest absolute Gasteiger partial charge is 0.335 e. The predicted molar refractivity (Wildman–Crippen MR) is 110 cm³/mol. The molecule has 1 N–H and O–H groups in total. The number of carbonyl (C=O) groups is 2. The number of carbonyl (C=O) groups excluding carboxylic acids is 2. The Morgan fingerprint density at radius 3 is 2.31 bits per heavy atom. The Hall–Kier alpha value is -1.45. The topological polar surface area (TPSA) is 96.0 Å². The molecule has 1 amide bonds. The first-order chi connectivity index (χ1) is 13.8. The summed E-state index contributed by atoms with van der Waals surface area (Å²) in [5, 5.41) is 2.96. The molecule has 1 spiro atoms. The highest BCUT2D eigenvalue weighted by molar-refractivity contribution is 7.89. The molecule has 164 valence electrons. The van der Waals surface area contributed by atoms with Crippen LogP contribution in [0.25, 0.3) is 0 Å². The molecule has 3 heterocycles. The van der Waals surface area contributed by atoms with Crippen molar-refractivity contribution in [3.05, 3.63) is 11.1 Å². The van der Waals surface area contributed by atoms with Crippen molar-refractivity contribution >= 4 is 21.9 Å². The van der Waals surface area contributed by atoms with Crippen LogP contribution in [0.4, 0.5) is 0 Å². The second kappa shape index (κ2) is 9.14. The lowest BCUT2D eigenvalue weighted by Gasteiger charge is -2.38. The number of ether oxygens (including phenoxy) is 1. The Morgan fingerprint density at radius 2 is 1.72 bits per heavy atom. The Balaban J connectivity index is 1.63. The van der Waals surface area contributed by atoms with Gasteiger partial charge in [0.25, 0.3) is 5.91 Å². The van der Waals surface area contributed by atoms with Gasteiger partial charge in [-0.05, 0) is 39.8 Å². The Kier molecular flexibility index (Phi) is 7.01. The molecular weight excluding hydrogens is 394 g/mol. The number of piperidine rings is 1. The fraction of sp³-hybridized carbons (Fsp3) is 0.800. The highest BCUT2D eigenvalue weighted by Crippen LogP contribution is 2.41. The second-order valence-electron chi connectivity index (χ2n) is 8.20. The number of nitrogens with one attached hydrogen (secondary N) is 1. The zero-order valence-corrected chi connectivity index (χ0v) is 18.4. The molecule has 0 saturated carbocycles. The summed E-state index contributed by atoms with van der Waals surface area (Å²) in [6.07, 6.45) is 5.54. The summed E-state index contributed by atoms with van der Waals surface area (Å²) in [7, 11) is -3.29. The van der Waals surface area contributed by atoms with Crippen LogP contribution in [-0.4, -0.2) is 80.1 Å². The van der Waals surface area contributed by atoms with Crippen molar-refractivity contribution in [3.8, 4) is 0 Å². The minimum Gasteiger partial charge on any atom is -0.450 e. The van der Waals surface area contributed by atoms with Gasteiger partial charge in [0.15, 0.2) is 0 Å². The fourth-order valence-corrected chi connectivity index (χ4v) is 5.67. The van der Waals surface area contributed by atoms with Crippen LogP contribution in [0.15, 0.2) is 11.1 Å². The molecule has 0 unspecified atom stereocenters. The molecule has 0 atom stereocenters. The van der Waals surface area contributed by atoms with E-state index in [2.05, 4.69) is 10.2 Å². The highest BCUT2D eigenvalue weighted by atomic mass is 32.2. The molecule has 3 aliphatic heterocycles. The number of amides is 1. The zero-order valence-electron chi connectivity index (χ0n) is 17.5. The molecule has 0 bridgehead atoms. The van der Waals surface area contributed by atoms with Gasteiger partial charge in [-0.15, -0.1) is 0 Å². The largest absolute Gasteiger partial charge is 0.450 e. The summed E-state index contributed by atoms with van der Waals surface area (Å²) in [6.45, 7) is 7.18. The Labute approximate surface area is 173 Å². The summed E-state index contributed by atoms with van der Waals surface area (Å²) in [5.41, 5.74) is -0.288. The van der Waals surface area contributed by atoms with Crippen LogP contribution >= 0.6 is 0 Å². The van der Waals surface area contributed by atoms with Crippen molar-refractivity contribution in [2.75, 3.05) is 45.0 Å². The standard InChI is InChI=1S/C20H33N3O5S/c1-3-29(26,27)23-13-8-20(9-14-23)17(16(2)19(25)28-20)18(24)21-10-15-22-11-6-4-5-7-12-22/h3-15H2,1-2H3,(H,21,24). The van der Waals surface area contributed by atoms with Crippen molar-refractivity contribution in [1.29, 1.82) is 0 Å². The SMILES string of the molecule is CCS(=O)(=O)N1CCC2(CC1)OC(=O)C(C)=C2C(=O)NCCN1CCCCCC1. The first-order valence-corrected chi connectivity index (χ1v) is 12.3. The van der Waals surface area contributed by atoms with Crippen LogP contribution in [0.2, 0.25) is 0 Å². The molecule has 3 aliphatic rings. The average molecular weight is 428 g/mol. The summed E-state index contributed by atoms with van der Waals surface area (Å²) in [6, 6.07) is 0. The maximum absolute atomic E-state index is 13.0. The van der Waals surface area contributed by atoms with E-state index >= 15 is 0 Å². The quantitative estimate of drug-likeness (QED) is 0.636. The molecule has 0 aromatic heterocycles. The second-order valence-corrected chi connectivity index (χ2v) is 10.5. The number of rotatable bonds is 6. The molecule has 9 heteroatoms. The third-order valence-corrected chi connectivity index (χ3v) is 8.23. The lowest BCUT2D eigenvalue weighted by Crippen LogP contribution is -2.50. The lowest BCUT2D eigenvalue weighted by atomic mass is 9.83. The number of sulfonamides is 1. The van der Waals surface area contributed by atoms with Crippen LogP contribution in [0, 0.1) is 0 Å². The monoisotopic (exact) mass is 427 g/mol. The Morgan fingerprint density at radius 1 is 1.10 bits per heavy atom. The molecule has 2 fully saturated rings. The van der Waals surface area contributed by atoms with Gasteiger partial charge in [0.05, 0.1) is 11.3 Å². The van der Waals surface area contributed by atoms with Gasteiger partial charge in [-0.3, -0.25) is 4.79 Å². The van der Waals surface area contributed by atoms with E-state index in [1.54, 1.807) is 13.8 Å². The van der Waals surface area contributed by atoms with Crippen LogP contribution < -0.4 is 5.32 Å². The van der Waals surface area contributed by atoms with Crippen LogP contribution in [0.3, 0.4) is 0 Å². The van der Waals surface area contributed by atoms with Crippen molar-refractivity contribution in [2.45, 2.75) is 58.0 Å². The fourth-order valence-electron chi connectivity index (χ4n) is 4.56. The minimum absolute atomic E-state index is 0.0402. The van der Waals surface area contributed by atoms with Gasteiger partial charge >= 0.3 is 5.97 Å². The maximum atomic E-state index is 13.0. The minimum atomic E-state index is -3.29. The van der Waals surface area contributed by atoms with Gasteiger partial charge < -0.3 is 15.0 Å². The van der Waals surface area contributed by atoms with E-state index in [1.807, 2.05) is 0 Å². The zero-order chi connectivity index (χ0) is 21.1. The molecule has 0 aliphatic carbocycles. The highest BCUT2D eigenvalue weighted by Gasteiger charge is 2.51. The molecule has 2 saturated heterocycles. The molecule has 3 rings (SSSR count). The van der Waals surface area contributed by atoms with Crippen molar-refractivity contribution in [1.82, 2.24) is 14.5 Å². The van der Waals surface area contributed by atoms with E-state index in [0.717, 1.165) is 19.6 Å². The summed E-state index contributed by atoms with van der Waals surface area (Å²) < 4.78 is 31.3. The number of likely N-dealkylation sites (tertiary alicyclic amines) is 1. The van der Waals surface area contributed by atoms with E-state index in [0.29, 0.717) is 30.5 Å².